The molecule has 0 aromatic rings. The summed E-state index contributed by atoms with van der Waals surface area (Å²) in [5, 5.41) is 0. The molecule has 0 saturated carbocycles. The summed E-state index contributed by atoms with van der Waals surface area (Å²) in [5.74, 6) is -0.369. The van der Waals surface area contributed by atoms with Crippen LogP contribution in [-0.4, -0.2) is 45.5 Å². The van der Waals surface area contributed by atoms with Crippen molar-refractivity contribution in [2.75, 3.05) is 6.54 Å². The molecule has 0 aliphatic carbocycles. The van der Waals surface area contributed by atoms with E-state index in [0.717, 1.165) is 0 Å². The Hall–Kier alpha value is -1.72. The number of imide groups is 2. The molecule has 6 heteroatoms. The molecule has 2 fully saturated rings. The van der Waals surface area contributed by atoms with Crippen molar-refractivity contribution in [1.82, 2.24) is 9.80 Å². The lowest BCUT2D eigenvalue weighted by molar-refractivity contribution is -0.146. The second kappa shape index (κ2) is 8.67. The number of nitrogens with zero attached hydrogens (tertiary/aromatic N) is 2. The van der Waals surface area contributed by atoms with Crippen LogP contribution >= 0.6 is 0 Å². The number of carbonyl (C=O) groups excluding carboxylic acids is 4. The lowest BCUT2D eigenvalue weighted by atomic mass is 9.80. The van der Waals surface area contributed by atoms with Crippen molar-refractivity contribution in [2.24, 2.45) is 28.1 Å². The Labute approximate surface area is 189 Å². The first-order chi connectivity index (χ1) is 13.6. The maximum Gasteiger partial charge on any atom is 0.233 e. The topological polar surface area (TPSA) is 74.8 Å². The fraction of sp³-hybridized carbons (Fsp3) is 0.840. The second-order valence-electron chi connectivity index (χ2n) is 13.4. The van der Waals surface area contributed by atoms with Gasteiger partial charge in [-0.25, -0.2) is 0 Å². The predicted molar refractivity (Wildman–Crippen MR) is 123 cm³/mol. The minimum absolute atomic E-state index is 0.00688. The highest BCUT2D eigenvalue weighted by Crippen LogP contribution is 2.38. The van der Waals surface area contributed by atoms with Gasteiger partial charge in [0.25, 0.3) is 0 Å². The number of likely N-dealkylation sites (tertiary alicyclic amines) is 2. The van der Waals surface area contributed by atoms with Gasteiger partial charge in [-0.3, -0.25) is 29.0 Å². The van der Waals surface area contributed by atoms with E-state index < -0.39 is 5.54 Å². The second-order valence-corrected chi connectivity index (χ2v) is 13.4. The summed E-state index contributed by atoms with van der Waals surface area (Å²) < 4.78 is 0. The molecule has 0 spiro atoms. The van der Waals surface area contributed by atoms with Crippen LogP contribution in [0, 0.1) is 28.1 Å². The van der Waals surface area contributed by atoms with Crippen molar-refractivity contribution < 1.29 is 19.2 Å². The van der Waals surface area contributed by atoms with Crippen LogP contribution in [0.25, 0.3) is 0 Å². The molecule has 0 radical (unpaired) electrons. The van der Waals surface area contributed by atoms with E-state index in [-0.39, 0.29) is 51.7 Å². The third-order valence-electron chi connectivity index (χ3n) is 5.78. The summed E-state index contributed by atoms with van der Waals surface area (Å²) in [5.41, 5.74) is -0.682. The van der Waals surface area contributed by atoms with Crippen molar-refractivity contribution in [3.63, 3.8) is 0 Å². The molecule has 4 amide bonds. The number of carbonyl (C=O) groups is 4. The van der Waals surface area contributed by atoms with Gasteiger partial charge in [0, 0.05) is 24.9 Å². The Bertz CT molecular complexity index is 727. The first-order valence-corrected chi connectivity index (χ1v) is 11.3. The molecule has 0 aromatic carbocycles. The zero-order valence-electron chi connectivity index (χ0n) is 21.8. The Morgan fingerprint density at radius 3 is 1.29 bits per heavy atom. The highest BCUT2D eigenvalue weighted by molar-refractivity contribution is 6.05. The minimum atomic E-state index is -0.395. The fourth-order valence-electron chi connectivity index (χ4n) is 4.01. The van der Waals surface area contributed by atoms with Gasteiger partial charge in [0.05, 0.1) is 11.8 Å². The molecule has 2 aliphatic rings. The molecular weight excluding hydrogens is 392 g/mol. The van der Waals surface area contributed by atoms with E-state index in [2.05, 4.69) is 0 Å². The van der Waals surface area contributed by atoms with Crippen LogP contribution in [0.4, 0.5) is 0 Å². The van der Waals surface area contributed by atoms with Gasteiger partial charge in [-0.05, 0) is 37.0 Å². The molecule has 2 heterocycles. The Kier molecular flexibility index (Phi) is 7.64. The van der Waals surface area contributed by atoms with Crippen molar-refractivity contribution in [2.45, 2.75) is 101 Å². The summed E-state index contributed by atoms with van der Waals surface area (Å²) in [6.45, 7) is 24.4. The first kappa shape index (κ1) is 27.3. The van der Waals surface area contributed by atoms with E-state index >= 15 is 0 Å². The number of rotatable bonds is 1. The van der Waals surface area contributed by atoms with Crippen molar-refractivity contribution in [1.29, 1.82) is 0 Å². The van der Waals surface area contributed by atoms with Gasteiger partial charge >= 0.3 is 0 Å². The normalized spacial score (nSPS) is 23.5. The number of hydrogen-bond donors (Lipinski definition) is 0. The van der Waals surface area contributed by atoms with Crippen LogP contribution in [-0.2, 0) is 19.2 Å². The fourth-order valence-corrected chi connectivity index (χ4v) is 4.01. The van der Waals surface area contributed by atoms with Crippen molar-refractivity contribution in [3.8, 4) is 0 Å². The Morgan fingerprint density at radius 2 is 1.03 bits per heavy atom. The van der Waals surface area contributed by atoms with E-state index in [1.54, 1.807) is 0 Å². The van der Waals surface area contributed by atoms with E-state index in [1.165, 1.54) is 9.80 Å². The third-order valence-corrected chi connectivity index (χ3v) is 5.78. The first-order valence-electron chi connectivity index (χ1n) is 11.3. The van der Waals surface area contributed by atoms with Gasteiger partial charge in [0.15, 0.2) is 0 Å². The highest BCUT2D eigenvalue weighted by Gasteiger charge is 2.48. The number of hydrogen-bond acceptors (Lipinski definition) is 4. The molecule has 0 aromatic heterocycles. The summed E-state index contributed by atoms with van der Waals surface area (Å²) in [7, 11) is 0. The van der Waals surface area contributed by atoms with Crippen LogP contribution in [0.5, 0.6) is 0 Å². The molecule has 2 atom stereocenters. The lowest BCUT2D eigenvalue weighted by Crippen LogP contribution is -2.46. The van der Waals surface area contributed by atoms with Gasteiger partial charge in [-0.15, -0.1) is 0 Å². The van der Waals surface area contributed by atoms with Gasteiger partial charge in [0.2, 0.25) is 23.6 Å². The molecule has 31 heavy (non-hydrogen) atoms. The SMILES string of the molecule is CC(C)(C)C1CC(=O)N(C(C)(C)C)C1=O.CC(C)(C)CN1C(=O)CC(C(C)(C)C)C1=O. The average molecular weight is 437 g/mol. The molecule has 0 bridgehead atoms. The van der Waals surface area contributed by atoms with Crippen LogP contribution in [0.2, 0.25) is 0 Å². The minimum Gasteiger partial charge on any atom is -0.282 e. The largest absolute Gasteiger partial charge is 0.282 e. The summed E-state index contributed by atoms with van der Waals surface area (Å²) >= 11 is 0. The summed E-state index contributed by atoms with van der Waals surface area (Å²) in [4.78, 5) is 50.7. The molecule has 2 unspecified atom stereocenters. The molecule has 6 nitrogen and oxygen atoms in total. The van der Waals surface area contributed by atoms with Crippen LogP contribution in [0.1, 0.15) is 95.9 Å². The van der Waals surface area contributed by atoms with E-state index in [9.17, 15) is 19.2 Å². The van der Waals surface area contributed by atoms with Gasteiger partial charge in [-0.2, -0.15) is 0 Å². The maximum atomic E-state index is 12.1. The Morgan fingerprint density at radius 1 is 0.645 bits per heavy atom. The van der Waals surface area contributed by atoms with Gasteiger partial charge in [-0.1, -0.05) is 62.3 Å². The highest BCUT2D eigenvalue weighted by atomic mass is 16.2. The third kappa shape index (κ3) is 6.88. The molecule has 0 N–H and O–H groups in total. The smallest absolute Gasteiger partial charge is 0.233 e. The number of amides is 4. The Balaban J connectivity index is 0.000000311. The van der Waals surface area contributed by atoms with E-state index in [4.69, 9.17) is 0 Å². The molecule has 2 rings (SSSR count). The van der Waals surface area contributed by atoms with Gasteiger partial charge < -0.3 is 0 Å². The predicted octanol–water partition coefficient (Wildman–Crippen LogP) is 4.66. The molecule has 2 aliphatic heterocycles. The van der Waals surface area contributed by atoms with Crippen molar-refractivity contribution in [3.05, 3.63) is 0 Å². The van der Waals surface area contributed by atoms with Crippen LogP contribution in [0.15, 0.2) is 0 Å². The molecular formula is C25H44N2O4. The average Bonchev–Trinajstić information content (AvgIpc) is 2.96. The van der Waals surface area contributed by atoms with Crippen molar-refractivity contribution >= 4 is 23.6 Å². The zero-order chi connectivity index (χ0) is 24.7. The van der Waals surface area contributed by atoms with Crippen LogP contribution < -0.4 is 0 Å². The standard InChI is InChI=1S/C13H23NO2.C12H21NO2/c1-12(2,3)8-14-10(15)7-9(11(14)16)13(4,5)6;1-11(2,3)8-7-9(14)13(10(8)15)12(4,5)6/h9H,7-8H2,1-6H3;8H,7H2,1-6H3. The zero-order valence-corrected chi connectivity index (χ0v) is 21.8. The maximum absolute atomic E-state index is 12.1. The monoisotopic (exact) mass is 436 g/mol. The van der Waals surface area contributed by atoms with Crippen LogP contribution in [0.3, 0.4) is 0 Å². The quantitative estimate of drug-likeness (QED) is 0.560. The van der Waals surface area contributed by atoms with Gasteiger partial charge in [0.1, 0.15) is 0 Å². The summed E-state index contributed by atoms with van der Waals surface area (Å²) in [6.07, 6.45) is 0.734. The molecule has 2 saturated heterocycles. The van der Waals surface area contributed by atoms with E-state index in [1.807, 2.05) is 83.1 Å². The van der Waals surface area contributed by atoms with E-state index in [0.29, 0.717) is 19.4 Å². The lowest BCUT2D eigenvalue weighted by Gasteiger charge is -2.32. The summed E-state index contributed by atoms with van der Waals surface area (Å²) in [6, 6.07) is 0. The molecule has 178 valence electrons.